The van der Waals surface area contributed by atoms with Gasteiger partial charge in [0.05, 0.1) is 7.11 Å². The Morgan fingerprint density at radius 1 is 1.30 bits per heavy atom. The fraction of sp³-hybridized carbons (Fsp3) is 0.562. The smallest absolute Gasteiger partial charge is 0.319 e. The van der Waals surface area contributed by atoms with Gasteiger partial charge in [-0.05, 0) is 31.1 Å². The van der Waals surface area contributed by atoms with Crippen LogP contribution in [0.1, 0.15) is 19.3 Å². The number of nitrogens with one attached hydrogen (secondary N) is 2. The van der Waals surface area contributed by atoms with Crippen molar-refractivity contribution in [2.75, 3.05) is 19.0 Å². The predicted octanol–water partition coefficient (Wildman–Crippen LogP) is 2.50. The highest BCUT2D eigenvalue weighted by molar-refractivity contribution is 5.89. The first kappa shape index (κ1) is 16.0. The Labute approximate surface area is 133 Å². The van der Waals surface area contributed by atoms with Crippen molar-refractivity contribution in [2.24, 2.45) is 17.8 Å². The molecule has 2 aliphatic rings. The summed E-state index contributed by atoms with van der Waals surface area (Å²) in [6.07, 6.45) is 3.14. The van der Waals surface area contributed by atoms with Gasteiger partial charge < -0.3 is 20.5 Å². The van der Waals surface area contributed by atoms with Gasteiger partial charge in [-0.2, -0.15) is 0 Å². The lowest BCUT2D eigenvalue weighted by atomic mass is 9.85. The first-order valence-electron chi connectivity index (χ1n) is 7.75. The molecule has 0 heterocycles. The number of amides is 2. The van der Waals surface area contributed by atoms with Crippen LogP contribution >= 0.6 is 0 Å². The average molecular weight is 326 g/mol. The number of anilines is 1. The molecule has 1 aromatic rings. The van der Waals surface area contributed by atoms with Crippen molar-refractivity contribution in [2.45, 2.75) is 25.3 Å². The molecule has 5 nitrogen and oxygen atoms in total. The molecule has 0 radical (unpaired) electrons. The van der Waals surface area contributed by atoms with Crippen molar-refractivity contribution in [1.29, 1.82) is 0 Å². The molecule has 7 heteroatoms. The Morgan fingerprint density at radius 3 is 2.57 bits per heavy atom. The van der Waals surface area contributed by atoms with E-state index < -0.39 is 23.4 Å². The largest absolute Gasteiger partial charge is 0.491 e. The number of fused-ring (bicyclic) bond motifs is 2. The molecule has 3 N–H and O–H groups in total. The van der Waals surface area contributed by atoms with Crippen molar-refractivity contribution in [3.8, 4) is 5.75 Å². The maximum Gasteiger partial charge on any atom is 0.319 e. The van der Waals surface area contributed by atoms with Crippen LogP contribution in [0.2, 0.25) is 0 Å². The molecule has 2 amide bonds. The summed E-state index contributed by atoms with van der Waals surface area (Å²) < 4.78 is 31.9. The Balaban J connectivity index is 1.66. The van der Waals surface area contributed by atoms with E-state index in [2.05, 4.69) is 15.4 Å². The summed E-state index contributed by atoms with van der Waals surface area (Å²) in [6, 6.07) is 1.40. The first-order chi connectivity index (χ1) is 11.0. The average Bonchev–Trinajstić information content (AvgIpc) is 3.07. The van der Waals surface area contributed by atoms with Crippen molar-refractivity contribution >= 4 is 11.7 Å². The second-order valence-electron chi connectivity index (χ2n) is 6.28. The quantitative estimate of drug-likeness (QED) is 0.796. The number of carbonyl (C=O) groups excluding carboxylic acids is 1. The predicted molar refractivity (Wildman–Crippen MR) is 80.3 cm³/mol. The van der Waals surface area contributed by atoms with Gasteiger partial charge in [-0.3, -0.25) is 0 Å². The van der Waals surface area contributed by atoms with Gasteiger partial charge in [-0.1, -0.05) is 0 Å². The number of aliphatic hydroxyl groups excluding tert-OH is 1. The molecule has 1 aromatic carbocycles. The van der Waals surface area contributed by atoms with E-state index in [1.807, 2.05) is 0 Å². The summed E-state index contributed by atoms with van der Waals surface area (Å²) in [7, 11) is 1.17. The molecule has 4 atom stereocenters. The highest BCUT2D eigenvalue weighted by Crippen LogP contribution is 2.48. The molecule has 23 heavy (non-hydrogen) atoms. The summed E-state index contributed by atoms with van der Waals surface area (Å²) in [5.74, 6) is -1.36. The molecule has 0 aliphatic heterocycles. The second-order valence-corrected chi connectivity index (χ2v) is 6.28. The molecule has 4 unspecified atom stereocenters. The maximum absolute atomic E-state index is 13.6. The van der Waals surface area contributed by atoms with Gasteiger partial charge in [0.15, 0.2) is 17.4 Å². The van der Waals surface area contributed by atoms with E-state index >= 15 is 0 Å². The van der Waals surface area contributed by atoms with E-state index in [0.717, 1.165) is 31.4 Å². The van der Waals surface area contributed by atoms with Crippen LogP contribution in [-0.2, 0) is 0 Å². The number of carbonyl (C=O) groups is 1. The van der Waals surface area contributed by atoms with Crippen LogP contribution in [0.4, 0.5) is 19.3 Å². The third-order valence-electron chi connectivity index (χ3n) is 5.06. The summed E-state index contributed by atoms with van der Waals surface area (Å²) in [5.41, 5.74) is 0.0157. The summed E-state index contributed by atoms with van der Waals surface area (Å²) in [6.45, 7) is 0.0396. The molecule has 0 spiro atoms. The number of methoxy groups -OCH3 is 1. The lowest BCUT2D eigenvalue weighted by Crippen LogP contribution is -2.46. The minimum Gasteiger partial charge on any atom is -0.491 e. The fourth-order valence-corrected chi connectivity index (χ4v) is 4.04. The van der Waals surface area contributed by atoms with Crippen molar-refractivity contribution < 1.29 is 23.4 Å². The summed E-state index contributed by atoms with van der Waals surface area (Å²) in [4.78, 5) is 12.1. The minimum absolute atomic E-state index is 0.0157. The highest BCUT2D eigenvalue weighted by Gasteiger charge is 2.47. The van der Waals surface area contributed by atoms with Crippen LogP contribution < -0.4 is 15.4 Å². The van der Waals surface area contributed by atoms with Gasteiger partial charge in [0, 0.05) is 36.4 Å². The monoisotopic (exact) mass is 326 g/mol. The van der Waals surface area contributed by atoms with Gasteiger partial charge in [0.25, 0.3) is 0 Å². The standard InChI is InChI=1S/C16H20F2N2O3/c1-23-15-12(17)5-10(6-13(15)18)19-16(22)20-14-9-3-2-8(4-9)11(14)7-21/h5-6,8-9,11,14,21H,2-4,7H2,1H3,(H2,19,20,22). The molecule has 126 valence electrons. The van der Waals surface area contributed by atoms with Gasteiger partial charge in [0.1, 0.15) is 0 Å². The zero-order valence-corrected chi connectivity index (χ0v) is 12.8. The Kier molecular flexibility index (Phi) is 4.39. The van der Waals surface area contributed by atoms with Gasteiger partial charge in [-0.15, -0.1) is 0 Å². The number of hydrogen-bond acceptors (Lipinski definition) is 3. The number of urea groups is 1. The first-order valence-corrected chi connectivity index (χ1v) is 7.75. The summed E-state index contributed by atoms with van der Waals surface area (Å²) >= 11 is 0. The van der Waals surface area contributed by atoms with Crippen molar-refractivity contribution in [3.05, 3.63) is 23.8 Å². The Bertz CT molecular complexity index is 588. The molecule has 3 rings (SSSR count). The maximum atomic E-state index is 13.6. The second kappa shape index (κ2) is 6.31. The van der Waals surface area contributed by atoms with Gasteiger partial charge in [-0.25, -0.2) is 13.6 Å². The zero-order valence-electron chi connectivity index (χ0n) is 12.8. The number of rotatable bonds is 4. The molecule has 0 saturated heterocycles. The molecule has 0 aromatic heterocycles. The molecular formula is C16H20F2N2O3. The van der Waals surface area contributed by atoms with Gasteiger partial charge in [0.2, 0.25) is 0 Å². The van der Waals surface area contributed by atoms with Crippen LogP contribution in [0.3, 0.4) is 0 Å². The Hall–Kier alpha value is -1.89. The summed E-state index contributed by atoms with van der Waals surface area (Å²) in [5, 5.41) is 14.8. The normalized spacial score (nSPS) is 28.7. The van der Waals surface area contributed by atoms with Crippen molar-refractivity contribution in [1.82, 2.24) is 5.32 Å². The lowest BCUT2D eigenvalue weighted by Gasteiger charge is -2.30. The van der Waals surface area contributed by atoms with E-state index in [4.69, 9.17) is 0 Å². The topological polar surface area (TPSA) is 70.6 Å². The van der Waals surface area contributed by atoms with Crippen LogP contribution in [0.5, 0.6) is 5.75 Å². The minimum atomic E-state index is -0.879. The van der Waals surface area contributed by atoms with E-state index in [0.29, 0.717) is 11.8 Å². The SMILES string of the molecule is COc1c(F)cc(NC(=O)NC2C3CCC(C3)C2CO)cc1F. The van der Waals surface area contributed by atoms with Crippen LogP contribution in [-0.4, -0.2) is 30.9 Å². The van der Waals surface area contributed by atoms with E-state index in [-0.39, 0.29) is 24.3 Å². The zero-order chi connectivity index (χ0) is 16.6. The fourth-order valence-electron chi connectivity index (χ4n) is 4.04. The van der Waals surface area contributed by atoms with E-state index in [9.17, 15) is 18.7 Å². The molecular weight excluding hydrogens is 306 g/mol. The van der Waals surface area contributed by atoms with Crippen LogP contribution in [0.25, 0.3) is 0 Å². The Morgan fingerprint density at radius 2 is 1.96 bits per heavy atom. The highest BCUT2D eigenvalue weighted by atomic mass is 19.1. The van der Waals surface area contributed by atoms with Crippen LogP contribution in [0, 0.1) is 29.4 Å². The van der Waals surface area contributed by atoms with Crippen molar-refractivity contribution in [3.63, 3.8) is 0 Å². The van der Waals surface area contributed by atoms with Crippen LogP contribution in [0.15, 0.2) is 12.1 Å². The lowest BCUT2D eigenvalue weighted by molar-refractivity contribution is 0.146. The van der Waals surface area contributed by atoms with E-state index in [1.165, 1.54) is 7.11 Å². The molecule has 2 saturated carbocycles. The molecule has 2 aliphatic carbocycles. The number of hydrogen-bond donors (Lipinski definition) is 3. The van der Waals surface area contributed by atoms with Gasteiger partial charge >= 0.3 is 6.03 Å². The number of benzene rings is 1. The third kappa shape index (κ3) is 2.97. The number of aliphatic hydroxyl groups is 1. The number of ether oxygens (including phenoxy) is 1. The molecule has 2 bridgehead atoms. The third-order valence-corrected chi connectivity index (χ3v) is 5.06. The number of halogens is 2. The van der Waals surface area contributed by atoms with E-state index in [1.54, 1.807) is 0 Å². The molecule has 2 fully saturated rings.